The number of amides is 3. The van der Waals surface area contributed by atoms with Gasteiger partial charge in [-0.1, -0.05) is 6.07 Å². The monoisotopic (exact) mass is 399 g/mol. The molecule has 28 heavy (non-hydrogen) atoms. The average molecular weight is 399 g/mol. The standard InChI is InChI=1S/C19H17N3O5S/c1-22(12-7-8-12)28(26,27)13-9-5-11(6-10-13)17(23)20-15-4-2-3-14-16(15)19(25)21-18(14)24/h2-6,9-10,12H,7-8H2,1H3,(H,20,23)(H,21,24,25). The molecule has 0 spiro atoms. The van der Waals surface area contributed by atoms with E-state index in [9.17, 15) is 22.8 Å². The molecule has 1 aliphatic carbocycles. The van der Waals surface area contributed by atoms with Gasteiger partial charge in [0.2, 0.25) is 10.0 Å². The van der Waals surface area contributed by atoms with Crippen LogP contribution in [0, 0.1) is 0 Å². The lowest BCUT2D eigenvalue weighted by Crippen LogP contribution is -2.29. The second-order valence-corrected chi connectivity index (χ2v) is 8.74. The molecule has 1 aliphatic heterocycles. The first-order chi connectivity index (χ1) is 13.3. The van der Waals surface area contributed by atoms with Gasteiger partial charge < -0.3 is 5.32 Å². The molecule has 8 nitrogen and oxygen atoms in total. The predicted octanol–water partition coefficient (Wildman–Crippen LogP) is 1.61. The van der Waals surface area contributed by atoms with Crippen molar-refractivity contribution in [1.29, 1.82) is 0 Å². The molecule has 1 fully saturated rings. The Morgan fingerprint density at radius 3 is 2.39 bits per heavy atom. The summed E-state index contributed by atoms with van der Waals surface area (Å²) in [5.41, 5.74) is 0.768. The Morgan fingerprint density at radius 1 is 1.07 bits per heavy atom. The molecule has 0 atom stereocenters. The van der Waals surface area contributed by atoms with E-state index in [0.29, 0.717) is 0 Å². The Labute approximate surface area is 161 Å². The molecule has 4 rings (SSSR count). The summed E-state index contributed by atoms with van der Waals surface area (Å²) in [6.07, 6.45) is 1.71. The van der Waals surface area contributed by atoms with Gasteiger partial charge in [-0.05, 0) is 49.2 Å². The molecule has 0 aromatic heterocycles. The predicted molar refractivity (Wildman–Crippen MR) is 101 cm³/mol. The molecular weight excluding hydrogens is 382 g/mol. The smallest absolute Gasteiger partial charge is 0.261 e. The topological polar surface area (TPSA) is 113 Å². The zero-order valence-electron chi connectivity index (χ0n) is 14.9. The number of nitrogens with one attached hydrogen (secondary N) is 2. The van der Waals surface area contributed by atoms with Crippen molar-refractivity contribution in [2.75, 3.05) is 12.4 Å². The van der Waals surface area contributed by atoms with Crippen LogP contribution in [0.1, 0.15) is 43.9 Å². The fourth-order valence-corrected chi connectivity index (χ4v) is 4.51. The molecule has 2 N–H and O–H groups in total. The van der Waals surface area contributed by atoms with Crippen LogP contribution < -0.4 is 10.6 Å². The number of hydrogen-bond donors (Lipinski definition) is 2. The van der Waals surface area contributed by atoms with Crippen LogP contribution in [-0.4, -0.2) is 43.5 Å². The van der Waals surface area contributed by atoms with Gasteiger partial charge in [-0.15, -0.1) is 0 Å². The molecule has 2 aromatic carbocycles. The lowest BCUT2D eigenvalue weighted by atomic mass is 10.1. The minimum atomic E-state index is -3.59. The van der Waals surface area contributed by atoms with E-state index >= 15 is 0 Å². The molecule has 0 bridgehead atoms. The Kier molecular flexibility index (Phi) is 4.28. The van der Waals surface area contributed by atoms with Gasteiger partial charge in [-0.2, -0.15) is 4.31 Å². The number of fused-ring (bicyclic) bond motifs is 1. The summed E-state index contributed by atoms with van der Waals surface area (Å²) in [6, 6.07) is 10.2. The van der Waals surface area contributed by atoms with Gasteiger partial charge in [-0.25, -0.2) is 8.42 Å². The van der Waals surface area contributed by atoms with Crippen molar-refractivity contribution < 1.29 is 22.8 Å². The quantitative estimate of drug-likeness (QED) is 0.742. The van der Waals surface area contributed by atoms with Crippen LogP contribution >= 0.6 is 0 Å². The second-order valence-electron chi connectivity index (χ2n) is 6.74. The van der Waals surface area contributed by atoms with E-state index in [1.807, 2.05) is 0 Å². The third kappa shape index (κ3) is 3.08. The van der Waals surface area contributed by atoms with Crippen LogP contribution in [0.25, 0.3) is 0 Å². The summed E-state index contributed by atoms with van der Waals surface area (Å²) in [5.74, 6) is -1.59. The first-order valence-corrected chi connectivity index (χ1v) is 10.1. The fourth-order valence-electron chi connectivity index (χ4n) is 3.10. The molecule has 0 saturated heterocycles. The van der Waals surface area contributed by atoms with Crippen LogP contribution in [0.4, 0.5) is 5.69 Å². The lowest BCUT2D eigenvalue weighted by Gasteiger charge is -2.16. The molecule has 1 heterocycles. The molecule has 1 saturated carbocycles. The summed E-state index contributed by atoms with van der Waals surface area (Å²) in [5, 5.41) is 4.79. The van der Waals surface area contributed by atoms with Crippen molar-refractivity contribution in [3.8, 4) is 0 Å². The molecule has 9 heteroatoms. The van der Waals surface area contributed by atoms with E-state index in [1.165, 1.54) is 40.7 Å². The molecule has 2 aliphatic rings. The SMILES string of the molecule is CN(C1CC1)S(=O)(=O)c1ccc(C(=O)Nc2cccc3c2C(=O)NC3=O)cc1. The van der Waals surface area contributed by atoms with Crippen molar-refractivity contribution in [3.05, 3.63) is 59.2 Å². The highest BCUT2D eigenvalue weighted by Crippen LogP contribution is 2.30. The van der Waals surface area contributed by atoms with Crippen LogP contribution in [0.5, 0.6) is 0 Å². The van der Waals surface area contributed by atoms with Gasteiger partial charge in [0.1, 0.15) is 0 Å². The van der Waals surface area contributed by atoms with Crippen molar-refractivity contribution in [1.82, 2.24) is 9.62 Å². The van der Waals surface area contributed by atoms with Gasteiger partial charge >= 0.3 is 0 Å². The van der Waals surface area contributed by atoms with Crippen LogP contribution in [0.3, 0.4) is 0 Å². The first-order valence-electron chi connectivity index (χ1n) is 8.67. The lowest BCUT2D eigenvalue weighted by molar-refractivity contribution is 0.0879. The molecular formula is C19H17N3O5S. The molecule has 2 aromatic rings. The molecule has 0 unspecified atom stereocenters. The normalized spacial score (nSPS) is 16.1. The number of sulfonamides is 1. The second kappa shape index (κ2) is 6.54. The molecule has 3 amide bonds. The first kappa shape index (κ1) is 18.3. The summed E-state index contributed by atoms with van der Waals surface area (Å²) >= 11 is 0. The molecule has 0 radical (unpaired) electrons. The number of rotatable bonds is 5. The van der Waals surface area contributed by atoms with E-state index in [0.717, 1.165) is 12.8 Å². The van der Waals surface area contributed by atoms with Crippen molar-refractivity contribution in [2.24, 2.45) is 0 Å². The highest BCUT2D eigenvalue weighted by Gasteiger charge is 2.35. The number of benzene rings is 2. The summed E-state index contributed by atoms with van der Waals surface area (Å²) < 4.78 is 26.4. The summed E-state index contributed by atoms with van der Waals surface area (Å²) in [4.78, 5) is 36.3. The third-order valence-electron chi connectivity index (χ3n) is 4.87. The minimum absolute atomic E-state index is 0.0435. The number of hydrogen-bond acceptors (Lipinski definition) is 5. The molecule has 144 valence electrons. The summed E-state index contributed by atoms with van der Waals surface area (Å²) in [6.45, 7) is 0. The van der Waals surface area contributed by atoms with Gasteiger partial charge in [0.15, 0.2) is 0 Å². The zero-order valence-corrected chi connectivity index (χ0v) is 15.7. The number of nitrogens with zero attached hydrogens (tertiary/aromatic N) is 1. The number of carbonyl (C=O) groups excluding carboxylic acids is 3. The van der Waals surface area contributed by atoms with E-state index < -0.39 is 27.7 Å². The highest BCUT2D eigenvalue weighted by molar-refractivity contribution is 7.89. The Bertz CT molecular complexity index is 1100. The largest absolute Gasteiger partial charge is 0.321 e. The number of anilines is 1. The van der Waals surface area contributed by atoms with E-state index in [2.05, 4.69) is 10.6 Å². The average Bonchev–Trinajstić information content (AvgIpc) is 3.47. The Morgan fingerprint density at radius 2 is 1.75 bits per heavy atom. The third-order valence-corrected chi connectivity index (χ3v) is 6.79. The van der Waals surface area contributed by atoms with Gasteiger partial charge in [0.25, 0.3) is 17.7 Å². The van der Waals surface area contributed by atoms with E-state index in [4.69, 9.17) is 0 Å². The van der Waals surface area contributed by atoms with Crippen LogP contribution in [-0.2, 0) is 10.0 Å². The van der Waals surface area contributed by atoms with Gasteiger partial charge in [0.05, 0.1) is 21.7 Å². The van der Waals surface area contributed by atoms with Crippen molar-refractivity contribution >= 4 is 33.4 Å². The van der Waals surface area contributed by atoms with Crippen molar-refractivity contribution in [3.63, 3.8) is 0 Å². The fraction of sp³-hybridized carbons (Fsp3) is 0.211. The van der Waals surface area contributed by atoms with Crippen LogP contribution in [0.2, 0.25) is 0 Å². The van der Waals surface area contributed by atoms with E-state index in [-0.39, 0.29) is 33.3 Å². The maximum absolute atomic E-state index is 12.5. The van der Waals surface area contributed by atoms with Gasteiger partial charge in [0, 0.05) is 18.7 Å². The minimum Gasteiger partial charge on any atom is -0.321 e. The van der Waals surface area contributed by atoms with Crippen LogP contribution in [0.15, 0.2) is 47.4 Å². The summed E-state index contributed by atoms with van der Waals surface area (Å²) in [7, 11) is -2.04. The Balaban J connectivity index is 1.56. The van der Waals surface area contributed by atoms with Gasteiger partial charge in [-0.3, -0.25) is 19.7 Å². The zero-order chi connectivity index (χ0) is 20.1. The number of carbonyl (C=O) groups is 3. The number of imide groups is 1. The van der Waals surface area contributed by atoms with Crippen molar-refractivity contribution in [2.45, 2.75) is 23.8 Å². The highest BCUT2D eigenvalue weighted by atomic mass is 32.2. The van der Waals surface area contributed by atoms with E-state index in [1.54, 1.807) is 13.1 Å². The maximum atomic E-state index is 12.5. The Hall–Kier alpha value is -3.04. The maximum Gasteiger partial charge on any atom is 0.261 e.